The molecule has 0 heterocycles. The number of aldehydes is 1. The number of aryl methyl sites for hydroxylation is 1. The van der Waals surface area contributed by atoms with Gasteiger partial charge >= 0.3 is 6.18 Å². The second-order valence-electron chi connectivity index (χ2n) is 4.40. The Hall–Kier alpha value is -2.17. The van der Waals surface area contributed by atoms with Gasteiger partial charge in [-0.2, -0.15) is 13.2 Å². The SMILES string of the molecule is Cc1ccc(C=O)c(-c2ccc(F)c(C(F)(F)F)c2)c1. The van der Waals surface area contributed by atoms with E-state index in [1.807, 2.05) is 0 Å². The highest BCUT2D eigenvalue weighted by molar-refractivity contribution is 5.88. The molecule has 2 aromatic rings. The monoisotopic (exact) mass is 282 g/mol. The van der Waals surface area contributed by atoms with Crippen LogP contribution in [0.5, 0.6) is 0 Å². The molecule has 2 rings (SSSR count). The average Bonchev–Trinajstić information content (AvgIpc) is 2.38. The molecule has 20 heavy (non-hydrogen) atoms. The molecule has 0 atom stereocenters. The second-order valence-corrected chi connectivity index (χ2v) is 4.40. The maximum atomic E-state index is 13.3. The minimum Gasteiger partial charge on any atom is -0.298 e. The van der Waals surface area contributed by atoms with Crippen LogP contribution in [-0.2, 0) is 6.18 Å². The standard InChI is InChI=1S/C15H10F4O/c1-9-2-3-11(8-20)12(6-9)10-4-5-14(16)13(7-10)15(17,18)19/h2-8H,1H3. The van der Waals surface area contributed by atoms with Crippen molar-refractivity contribution in [3.05, 3.63) is 58.9 Å². The van der Waals surface area contributed by atoms with Crippen LogP contribution in [0.15, 0.2) is 36.4 Å². The molecule has 104 valence electrons. The number of hydrogen-bond acceptors (Lipinski definition) is 1. The lowest BCUT2D eigenvalue weighted by atomic mass is 9.96. The third-order valence-electron chi connectivity index (χ3n) is 2.92. The fourth-order valence-electron chi connectivity index (χ4n) is 1.93. The third kappa shape index (κ3) is 2.71. The van der Waals surface area contributed by atoms with Gasteiger partial charge in [-0.15, -0.1) is 0 Å². The maximum Gasteiger partial charge on any atom is 0.419 e. The Bertz CT molecular complexity index is 659. The molecular weight excluding hydrogens is 272 g/mol. The van der Waals surface area contributed by atoms with E-state index < -0.39 is 17.6 Å². The Morgan fingerprint density at radius 3 is 2.35 bits per heavy atom. The molecule has 0 fully saturated rings. The summed E-state index contributed by atoms with van der Waals surface area (Å²) in [6.07, 6.45) is -4.21. The van der Waals surface area contributed by atoms with Crippen molar-refractivity contribution in [3.63, 3.8) is 0 Å². The normalized spacial score (nSPS) is 11.4. The summed E-state index contributed by atoms with van der Waals surface area (Å²) in [4.78, 5) is 11.0. The highest BCUT2D eigenvalue weighted by Gasteiger charge is 2.34. The van der Waals surface area contributed by atoms with Gasteiger partial charge in [0.25, 0.3) is 0 Å². The Labute approximate surface area is 112 Å². The first-order valence-electron chi connectivity index (χ1n) is 5.76. The van der Waals surface area contributed by atoms with Crippen LogP contribution in [-0.4, -0.2) is 6.29 Å². The number of carbonyl (C=O) groups excluding carboxylic acids is 1. The molecule has 0 aliphatic rings. The van der Waals surface area contributed by atoms with Gasteiger partial charge in [-0.3, -0.25) is 4.79 Å². The molecule has 0 amide bonds. The molecule has 0 radical (unpaired) electrons. The van der Waals surface area contributed by atoms with Crippen molar-refractivity contribution in [2.75, 3.05) is 0 Å². The number of rotatable bonds is 2. The van der Waals surface area contributed by atoms with Crippen LogP contribution in [0.3, 0.4) is 0 Å². The highest BCUT2D eigenvalue weighted by atomic mass is 19.4. The van der Waals surface area contributed by atoms with Crippen LogP contribution in [0, 0.1) is 12.7 Å². The first-order valence-corrected chi connectivity index (χ1v) is 5.76. The molecule has 0 bridgehead atoms. The molecule has 0 aliphatic carbocycles. The van der Waals surface area contributed by atoms with E-state index in [9.17, 15) is 22.4 Å². The van der Waals surface area contributed by atoms with Gasteiger partial charge in [0.05, 0.1) is 5.56 Å². The maximum absolute atomic E-state index is 13.3. The van der Waals surface area contributed by atoms with Crippen LogP contribution in [0.2, 0.25) is 0 Å². The van der Waals surface area contributed by atoms with E-state index in [0.717, 1.165) is 17.7 Å². The summed E-state index contributed by atoms with van der Waals surface area (Å²) in [5.74, 6) is -1.33. The zero-order valence-electron chi connectivity index (χ0n) is 10.5. The lowest BCUT2D eigenvalue weighted by molar-refractivity contribution is -0.139. The quantitative estimate of drug-likeness (QED) is 0.579. The lowest BCUT2D eigenvalue weighted by Crippen LogP contribution is -2.08. The van der Waals surface area contributed by atoms with Crippen molar-refractivity contribution in [2.45, 2.75) is 13.1 Å². The number of hydrogen-bond donors (Lipinski definition) is 0. The second kappa shape index (κ2) is 5.07. The summed E-state index contributed by atoms with van der Waals surface area (Å²) in [6, 6.07) is 7.51. The third-order valence-corrected chi connectivity index (χ3v) is 2.92. The molecule has 0 aliphatic heterocycles. The van der Waals surface area contributed by atoms with E-state index in [4.69, 9.17) is 0 Å². The van der Waals surface area contributed by atoms with Gasteiger partial charge in [-0.1, -0.05) is 29.8 Å². The fraction of sp³-hybridized carbons (Fsp3) is 0.133. The minimum absolute atomic E-state index is 0.157. The Morgan fingerprint density at radius 2 is 1.75 bits per heavy atom. The highest BCUT2D eigenvalue weighted by Crippen LogP contribution is 2.35. The molecule has 5 heteroatoms. The van der Waals surface area contributed by atoms with E-state index in [1.165, 1.54) is 12.1 Å². The number of carbonyl (C=O) groups is 1. The van der Waals surface area contributed by atoms with Crippen LogP contribution < -0.4 is 0 Å². The molecule has 0 spiro atoms. The number of alkyl halides is 3. The molecular formula is C15H10F4O. The molecule has 0 saturated heterocycles. The van der Waals surface area contributed by atoms with Crippen molar-refractivity contribution >= 4 is 6.29 Å². The Morgan fingerprint density at radius 1 is 1.05 bits per heavy atom. The predicted molar refractivity (Wildman–Crippen MR) is 67.0 cm³/mol. The van der Waals surface area contributed by atoms with Gasteiger partial charge in [0, 0.05) is 5.56 Å². The van der Waals surface area contributed by atoms with Crippen molar-refractivity contribution in [1.29, 1.82) is 0 Å². The van der Waals surface area contributed by atoms with Gasteiger partial charge in [-0.05, 0) is 30.2 Å². The summed E-state index contributed by atoms with van der Waals surface area (Å²) >= 11 is 0. The molecule has 2 aromatic carbocycles. The van der Waals surface area contributed by atoms with Crippen LogP contribution >= 0.6 is 0 Å². The van der Waals surface area contributed by atoms with Gasteiger partial charge in [-0.25, -0.2) is 4.39 Å². The first kappa shape index (κ1) is 14.2. The molecule has 0 N–H and O–H groups in total. The van der Waals surface area contributed by atoms with Crippen LogP contribution in [0.25, 0.3) is 11.1 Å². The Balaban J connectivity index is 2.65. The molecule has 1 nitrogen and oxygen atoms in total. The first-order chi connectivity index (χ1) is 9.32. The van der Waals surface area contributed by atoms with E-state index in [2.05, 4.69) is 0 Å². The van der Waals surface area contributed by atoms with E-state index in [1.54, 1.807) is 19.1 Å². The van der Waals surface area contributed by atoms with Gasteiger partial charge in [0.1, 0.15) is 5.82 Å². The van der Waals surface area contributed by atoms with Crippen molar-refractivity contribution < 1.29 is 22.4 Å². The fourth-order valence-corrected chi connectivity index (χ4v) is 1.93. The van der Waals surface area contributed by atoms with Gasteiger partial charge in [0.2, 0.25) is 0 Å². The molecule has 0 saturated carbocycles. The topological polar surface area (TPSA) is 17.1 Å². The summed E-state index contributed by atoms with van der Waals surface area (Å²) in [5.41, 5.74) is 0.224. The van der Waals surface area contributed by atoms with Crippen molar-refractivity contribution in [1.82, 2.24) is 0 Å². The minimum atomic E-state index is -4.77. The van der Waals surface area contributed by atoms with Crippen LogP contribution in [0.4, 0.5) is 17.6 Å². The average molecular weight is 282 g/mol. The number of halogens is 4. The summed E-state index contributed by atoms with van der Waals surface area (Å²) in [7, 11) is 0. The molecule has 0 unspecified atom stereocenters. The van der Waals surface area contributed by atoms with Gasteiger partial charge in [0.15, 0.2) is 6.29 Å². The van der Waals surface area contributed by atoms with E-state index in [0.29, 0.717) is 11.8 Å². The lowest BCUT2D eigenvalue weighted by Gasteiger charge is -2.12. The van der Waals surface area contributed by atoms with E-state index in [-0.39, 0.29) is 11.1 Å². The largest absolute Gasteiger partial charge is 0.419 e. The van der Waals surface area contributed by atoms with E-state index >= 15 is 0 Å². The van der Waals surface area contributed by atoms with Gasteiger partial charge < -0.3 is 0 Å². The smallest absolute Gasteiger partial charge is 0.298 e. The zero-order chi connectivity index (χ0) is 14.9. The molecule has 0 aromatic heterocycles. The summed E-state index contributed by atoms with van der Waals surface area (Å²) < 4.78 is 51.3. The summed E-state index contributed by atoms with van der Waals surface area (Å²) in [6.45, 7) is 1.76. The van der Waals surface area contributed by atoms with Crippen molar-refractivity contribution in [3.8, 4) is 11.1 Å². The predicted octanol–water partition coefficient (Wildman–Crippen LogP) is 4.63. The number of benzene rings is 2. The van der Waals surface area contributed by atoms with Crippen molar-refractivity contribution in [2.24, 2.45) is 0 Å². The zero-order valence-corrected chi connectivity index (χ0v) is 10.5. The van der Waals surface area contributed by atoms with Crippen LogP contribution in [0.1, 0.15) is 21.5 Å². The summed E-state index contributed by atoms with van der Waals surface area (Å²) in [5, 5.41) is 0. The Kier molecular flexibility index (Phi) is 3.61.